The summed E-state index contributed by atoms with van der Waals surface area (Å²) in [6.07, 6.45) is 0. The molecule has 0 aliphatic carbocycles. The van der Waals surface area contributed by atoms with Gasteiger partial charge in [-0.25, -0.2) is 4.79 Å². The number of carboxylic acid groups (broad SMARTS) is 1. The Morgan fingerprint density at radius 1 is 1.44 bits per heavy atom. The lowest BCUT2D eigenvalue weighted by molar-refractivity contribution is -0.140. The van der Waals surface area contributed by atoms with Crippen LogP contribution in [0.1, 0.15) is 6.92 Å². The Labute approximate surface area is 126 Å². The minimum absolute atomic E-state index is 0.268. The van der Waals surface area contributed by atoms with Gasteiger partial charge < -0.3 is 10.4 Å². The molecule has 98 valence electrons. The molecule has 0 spiro atoms. The predicted molar refractivity (Wildman–Crippen MR) is 77.8 cm³/mol. The highest BCUT2D eigenvalue weighted by Crippen LogP contribution is 2.33. The first kappa shape index (κ1) is 15.5. The third kappa shape index (κ3) is 4.62. The van der Waals surface area contributed by atoms with E-state index in [1.165, 1.54) is 18.7 Å². The van der Waals surface area contributed by atoms with Gasteiger partial charge in [0, 0.05) is 26.5 Å². The van der Waals surface area contributed by atoms with E-state index in [0.29, 0.717) is 0 Å². The molecule has 0 saturated carbocycles. The first-order valence-corrected chi connectivity index (χ1v) is 7.55. The van der Waals surface area contributed by atoms with Gasteiger partial charge in [0.15, 0.2) is 0 Å². The molecule has 0 aliphatic heterocycles. The number of hydrogen-bond acceptors (Lipinski definition) is 3. The van der Waals surface area contributed by atoms with Gasteiger partial charge in [0.1, 0.15) is 6.04 Å². The molecule has 0 saturated heterocycles. The van der Waals surface area contributed by atoms with Crippen LogP contribution >= 0.6 is 43.6 Å². The second-order valence-corrected chi connectivity index (χ2v) is 6.16. The van der Waals surface area contributed by atoms with Gasteiger partial charge >= 0.3 is 5.97 Å². The number of benzene rings is 1. The molecular weight excluding hydrogens is 386 g/mol. The second-order valence-electron chi connectivity index (χ2n) is 3.45. The first-order valence-electron chi connectivity index (χ1n) is 4.98. The molecule has 0 radical (unpaired) electrons. The lowest BCUT2D eigenvalue weighted by Gasteiger charge is -2.13. The van der Waals surface area contributed by atoms with Crippen LogP contribution in [0.2, 0.25) is 0 Å². The van der Waals surface area contributed by atoms with Gasteiger partial charge in [-0.05, 0) is 44.0 Å². The van der Waals surface area contributed by atoms with Crippen molar-refractivity contribution >= 4 is 55.5 Å². The highest BCUT2D eigenvalue weighted by atomic mass is 79.9. The summed E-state index contributed by atoms with van der Waals surface area (Å²) in [4.78, 5) is 22.8. The summed E-state index contributed by atoms with van der Waals surface area (Å²) in [6, 6.07) is 4.74. The molecule has 4 nitrogen and oxygen atoms in total. The Kier molecular flexibility index (Phi) is 6.17. The minimum atomic E-state index is -1.04. The van der Waals surface area contributed by atoms with Crippen molar-refractivity contribution < 1.29 is 14.7 Å². The van der Waals surface area contributed by atoms with E-state index in [4.69, 9.17) is 5.11 Å². The smallest absolute Gasteiger partial charge is 0.327 e. The summed E-state index contributed by atoms with van der Waals surface area (Å²) in [5.41, 5.74) is 0. The van der Waals surface area contributed by atoms with E-state index in [9.17, 15) is 9.59 Å². The Bertz CT molecular complexity index is 468. The molecule has 18 heavy (non-hydrogen) atoms. The zero-order valence-electron chi connectivity index (χ0n) is 9.44. The van der Waals surface area contributed by atoms with Crippen molar-refractivity contribution in [2.45, 2.75) is 17.9 Å². The monoisotopic (exact) mass is 395 g/mol. The van der Waals surface area contributed by atoms with Gasteiger partial charge in [-0.1, -0.05) is 6.07 Å². The van der Waals surface area contributed by atoms with Crippen molar-refractivity contribution in [3.05, 3.63) is 27.1 Å². The number of halogens is 2. The quantitative estimate of drug-likeness (QED) is 0.751. The number of aliphatic carboxylic acids is 1. The van der Waals surface area contributed by atoms with Crippen molar-refractivity contribution in [2.75, 3.05) is 5.75 Å². The SMILES string of the molecule is CC(=O)NC(CSc1cccc(Br)c1Br)C(=O)O. The Morgan fingerprint density at radius 3 is 2.67 bits per heavy atom. The van der Waals surface area contributed by atoms with Gasteiger partial charge in [0.05, 0.1) is 0 Å². The third-order valence-electron chi connectivity index (χ3n) is 2.00. The maximum atomic E-state index is 11.0. The number of amides is 1. The minimum Gasteiger partial charge on any atom is -0.480 e. The molecule has 1 atom stereocenters. The fourth-order valence-electron chi connectivity index (χ4n) is 1.19. The Hall–Kier alpha value is -0.530. The van der Waals surface area contributed by atoms with E-state index in [-0.39, 0.29) is 11.7 Å². The van der Waals surface area contributed by atoms with Crippen LogP contribution < -0.4 is 5.32 Å². The van der Waals surface area contributed by atoms with Crippen LogP contribution in [-0.4, -0.2) is 28.8 Å². The maximum Gasteiger partial charge on any atom is 0.327 e. The molecule has 1 aromatic carbocycles. The molecule has 7 heteroatoms. The zero-order valence-corrected chi connectivity index (χ0v) is 13.4. The van der Waals surface area contributed by atoms with Crippen LogP contribution in [0, 0.1) is 0 Å². The number of carbonyl (C=O) groups is 2. The number of carbonyl (C=O) groups excluding carboxylic acids is 1. The summed E-state index contributed by atoms with van der Waals surface area (Å²) in [5.74, 6) is -1.12. The van der Waals surface area contributed by atoms with Crippen LogP contribution in [0.3, 0.4) is 0 Å². The van der Waals surface area contributed by atoms with E-state index in [0.717, 1.165) is 13.8 Å². The van der Waals surface area contributed by atoms with E-state index >= 15 is 0 Å². The number of thioether (sulfide) groups is 1. The topological polar surface area (TPSA) is 66.4 Å². The van der Waals surface area contributed by atoms with Crippen LogP contribution in [0.15, 0.2) is 32.0 Å². The summed E-state index contributed by atoms with van der Waals surface area (Å²) in [5, 5.41) is 11.4. The maximum absolute atomic E-state index is 11.0. The van der Waals surface area contributed by atoms with E-state index in [1.54, 1.807) is 0 Å². The molecule has 0 aliphatic rings. The molecule has 1 rings (SSSR count). The van der Waals surface area contributed by atoms with Gasteiger partial charge in [-0.2, -0.15) is 0 Å². The van der Waals surface area contributed by atoms with Crippen LogP contribution in [-0.2, 0) is 9.59 Å². The fourth-order valence-corrected chi connectivity index (χ4v) is 3.28. The molecule has 2 N–H and O–H groups in total. The van der Waals surface area contributed by atoms with Crippen molar-refractivity contribution in [1.82, 2.24) is 5.32 Å². The molecule has 1 aromatic rings. The summed E-state index contributed by atoms with van der Waals surface area (Å²) >= 11 is 8.16. The highest BCUT2D eigenvalue weighted by Gasteiger charge is 2.19. The summed E-state index contributed by atoms with van der Waals surface area (Å²) in [6.45, 7) is 1.30. The largest absolute Gasteiger partial charge is 0.480 e. The van der Waals surface area contributed by atoms with Crippen molar-refractivity contribution in [2.24, 2.45) is 0 Å². The van der Waals surface area contributed by atoms with E-state index in [1.807, 2.05) is 18.2 Å². The molecule has 0 heterocycles. The standard InChI is InChI=1S/C11H11Br2NO3S/c1-6(15)14-8(11(16)17)5-18-9-4-2-3-7(12)10(9)13/h2-4,8H,5H2,1H3,(H,14,15)(H,16,17). The van der Waals surface area contributed by atoms with Gasteiger partial charge in [0.2, 0.25) is 5.91 Å². The zero-order chi connectivity index (χ0) is 13.7. The van der Waals surface area contributed by atoms with Gasteiger partial charge in [-0.3, -0.25) is 4.79 Å². The Morgan fingerprint density at radius 2 is 2.11 bits per heavy atom. The van der Waals surface area contributed by atoms with Crippen LogP contribution in [0.25, 0.3) is 0 Å². The third-order valence-corrected chi connectivity index (χ3v) is 5.46. The molecule has 0 bridgehead atoms. The normalized spacial score (nSPS) is 11.9. The molecule has 0 fully saturated rings. The lowest BCUT2D eigenvalue weighted by atomic mass is 10.3. The average Bonchev–Trinajstić information content (AvgIpc) is 2.28. The van der Waals surface area contributed by atoms with Crippen molar-refractivity contribution in [3.63, 3.8) is 0 Å². The number of carboxylic acids is 1. The lowest BCUT2D eigenvalue weighted by Crippen LogP contribution is -2.41. The summed E-state index contributed by atoms with van der Waals surface area (Å²) in [7, 11) is 0. The fraction of sp³-hybridized carbons (Fsp3) is 0.273. The van der Waals surface area contributed by atoms with Crippen LogP contribution in [0.5, 0.6) is 0 Å². The predicted octanol–water partition coefficient (Wildman–Crippen LogP) is 2.89. The number of rotatable bonds is 5. The van der Waals surface area contributed by atoms with Crippen molar-refractivity contribution in [1.29, 1.82) is 0 Å². The highest BCUT2D eigenvalue weighted by molar-refractivity contribution is 9.13. The number of nitrogens with one attached hydrogen (secondary N) is 1. The van der Waals surface area contributed by atoms with E-state index < -0.39 is 12.0 Å². The average molecular weight is 397 g/mol. The first-order chi connectivity index (χ1) is 8.41. The van der Waals surface area contributed by atoms with Crippen molar-refractivity contribution in [3.8, 4) is 0 Å². The van der Waals surface area contributed by atoms with Gasteiger partial charge in [0.25, 0.3) is 0 Å². The second kappa shape index (κ2) is 7.16. The van der Waals surface area contributed by atoms with E-state index in [2.05, 4.69) is 37.2 Å². The molecule has 1 unspecified atom stereocenters. The van der Waals surface area contributed by atoms with Gasteiger partial charge in [-0.15, -0.1) is 11.8 Å². The van der Waals surface area contributed by atoms with Crippen LogP contribution in [0.4, 0.5) is 0 Å². The molecule has 1 amide bonds. The molecular formula is C11H11Br2NO3S. The summed E-state index contributed by atoms with van der Waals surface area (Å²) < 4.78 is 1.78. The molecule has 0 aromatic heterocycles. The number of hydrogen-bond donors (Lipinski definition) is 2. The Balaban J connectivity index is 2.70.